The summed E-state index contributed by atoms with van der Waals surface area (Å²) >= 11 is 4.05. The van der Waals surface area contributed by atoms with E-state index in [-0.39, 0.29) is 5.91 Å². The third-order valence-corrected chi connectivity index (χ3v) is 5.21. The monoisotopic (exact) mass is 425 g/mol. The molecule has 0 atom stereocenters. The van der Waals surface area contributed by atoms with Crippen LogP contribution < -0.4 is 5.32 Å². The van der Waals surface area contributed by atoms with Crippen LogP contribution in [0.15, 0.2) is 42.5 Å². The Bertz CT molecular complexity index is 640. The second-order valence-corrected chi connectivity index (χ2v) is 7.54. The van der Waals surface area contributed by atoms with Crippen molar-refractivity contribution in [2.75, 3.05) is 12.3 Å². The molecule has 0 unspecified atom stereocenters. The van der Waals surface area contributed by atoms with Crippen molar-refractivity contribution in [2.45, 2.75) is 19.6 Å². The summed E-state index contributed by atoms with van der Waals surface area (Å²) in [6, 6.07) is 14.5. The minimum atomic E-state index is 0.0142. The first-order chi connectivity index (χ1) is 10.6. The van der Waals surface area contributed by atoms with Crippen molar-refractivity contribution in [3.63, 3.8) is 0 Å². The summed E-state index contributed by atoms with van der Waals surface area (Å²) in [6.45, 7) is 4.82. The largest absolute Gasteiger partial charge is 0.351 e. The van der Waals surface area contributed by atoms with Crippen LogP contribution in [0.5, 0.6) is 0 Å². The molecule has 2 nitrogen and oxygen atoms in total. The van der Waals surface area contributed by atoms with E-state index in [0.717, 1.165) is 20.6 Å². The number of thioether (sulfide) groups is 1. The van der Waals surface area contributed by atoms with Gasteiger partial charge in [0.05, 0.1) is 5.56 Å². The highest BCUT2D eigenvalue weighted by Gasteiger charge is 2.08. The standard InChI is InChI=1S/C18H20INOS/c1-13-3-6-15(7-4-13)12-22-10-9-20-18(21)16-8-5-14(2)11-17(16)19/h3-8,11H,9-10,12H2,1-2H3,(H,20,21). The zero-order valence-electron chi connectivity index (χ0n) is 12.9. The fraction of sp³-hybridized carbons (Fsp3) is 0.278. The van der Waals surface area contributed by atoms with E-state index in [1.807, 2.05) is 36.9 Å². The first-order valence-corrected chi connectivity index (χ1v) is 9.47. The molecule has 2 aromatic rings. The maximum absolute atomic E-state index is 12.1. The Kier molecular flexibility index (Phi) is 6.76. The molecule has 0 saturated heterocycles. The van der Waals surface area contributed by atoms with Crippen molar-refractivity contribution in [1.82, 2.24) is 5.32 Å². The minimum absolute atomic E-state index is 0.0142. The number of amides is 1. The van der Waals surface area contributed by atoms with Crippen LogP contribution in [0.3, 0.4) is 0 Å². The lowest BCUT2D eigenvalue weighted by molar-refractivity contribution is 0.0955. The SMILES string of the molecule is Cc1ccc(CSCCNC(=O)c2ccc(C)cc2I)cc1. The van der Waals surface area contributed by atoms with Gasteiger partial charge in [0.25, 0.3) is 5.91 Å². The fourth-order valence-corrected chi connectivity index (χ4v) is 3.75. The molecule has 0 spiro atoms. The summed E-state index contributed by atoms with van der Waals surface area (Å²) in [5.74, 6) is 1.92. The number of halogens is 1. The molecule has 0 bridgehead atoms. The van der Waals surface area contributed by atoms with Gasteiger partial charge in [-0.05, 0) is 54.1 Å². The van der Waals surface area contributed by atoms with Gasteiger partial charge < -0.3 is 5.32 Å². The topological polar surface area (TPSA) is 29.1 Å². The second kappa shape index (κ2) is 8.58. The molecule has 0 heterocycles. The maximum atomic E-state index is 12.1. The quantitative estimate of drug-likeness (QED) is 0.543. The summed E-state index contributed by atoms with van der Waals surface area (Å²) in [4.78, 5) is 12.1. The Morgan fingerprint density at radius 2 is 1.77 bits per heavy atom. The number of benzene rings is 2. The van der Waals surface area contributed by atoms with Crippen LogP contribution in [0.1, 0.15) is 27.0 Å². The summed E-state index contributed by atoms with van der Waals surface area (Å²) < 4.78 is 1.00. The minimum Gasteiger partial charge on any atom is -0.351 e. The Balaban J connectivity index is 1.72. The summed E-state index contributed by atoms with van der Waals surface area (Å²) in [7, 11) is 0. The van der Waals surface area contributed by atoms with E-state index < -0.39 is 0 Å². The number of aryl methyl sites for hydroxylation is 2. The number of hydrogen-bond donors (Lipinski definition) is 1. The fourth-order valence-electron chi connectivity index (χ4n) is 2.01. The molecular weight excluding hydrogens is 405 g/mol. The third-order valence-electron chi connectivity index (χ3n) is 3.29. The molecular formula is C18H20INOS. The normalized spacial score (nSPS) is 10.5. The molecule has 1 amide bonds. The van der Waals surface area contributed by atoms with Gasteiger partial charge in [0, 0.05) is 21.6 Å². The lowest BCUT2D eigenvalue weighted by atomic mass is 10.1. The van der Waals surface area contributed by atoms with Gasteiger partial charge in [0.15, 0.2) is 0 Å². The second-order valence-electron chi connectivity index (χ2n) is 5.28. The summed E-state index contributed by atoms with van der Waals surface area (Å²) in [6.07, 6.45) is 0. The van der Waals surface area contributed by atoms with Crippen LogP contribution in [0, 0.1) is 17.4 Å². The molecule has 0 radical (unpaired) electrons. The smallest absolute Gasteiger partial charge is 0.252 e. The molecule has 116 valence electrons. The van der Waals surface area contributed by atoms with Gasteiger partial charge in [-0.15, -0.1) is 0 Å². The van der Waals surface area contributed by atoms with E-state index in [1.165, 1.54) is 16.7 Å². The van der Waals surface area contributed by atoms with Gasteiger partial charge in [0.2, 0.25) is 0 Å². The average molecular weight is 425 g/mol. The Labute approximate surface area is 150 Å². The third kappa shape index (κ3) is 5.32. The van der Waals surface area contributed by atoms with Gasteiger partial charge in [-0.2, -0.15) is 11.8 Å². The highest BCUT2D eigenvalue weighted by atomic mass is 127. The van der Waals surface area contributed by atoms with Gasteiger partial charge in [-0.25, -0.2) is 0 Å². The van der Waals surface area contributed by atoms with Gasteiger partial charge in [-0.1, -0.05) is 41.5 Å². The Morgan fingerprint density at radius 3 is 2.45 bits per heavy atom. The number of carbonyl (C=O) groups is 1. The number of rotatable bonds is 6. The van der Waals surface area contributed by atoms with Gasteiger partial charge >= 0.3 is 0 Å². The van der Waals surface area contributed by atoms with Crippen molar-refractivity contribution >= 4 is 40.3 Å². The van der Waals surface area contributed by atoms with E-state index >= 15 is 0 Å². The van der Waals surface area contributed by atoms with Crippen molar-refractivity contribution in [3.05, 3.63) is 68.3 Å². The molecule has 0 aromatic heterocycles. The first kappa shape index (κ1) is 17.3. The van der Waals surface area contributed by atoms with E-state index in [9.17, 15) is 4.79 Å². The molecule has 4 heteroatoms. The lowest BCUT2D eigenvalue weighted by Gasteiger charge is -2.08. The van der Waals surface area contributed by atoms with E-state index in [1.54, 1.807) is 0 Å². The highest BCUT2D eigenvalue weighted by molar-refractivity contribution is 14.1. The van der Waals surface area contributed by atoms with Crippen LogP contribution in [-0.4, -0.2) is 18.2 Å². The van der Waals surface area contributed by atoms with E-state index in [0.29, 0.717) is 6.54 Å². The molecule has 0 fully saturated rings. The van der Waals surface area contributed by atoms with Crippen LogP contribution in [-0.2, 0) is 5.75 Å². The van der Waals surface area contributed by atoms with Crippen LogP contribution in [0.4, 0.5) is 0 Å². The molecule has 1 N–H and O–H groups in total. The Morgan fingerprint density at radius 1 is 1.09 bits per heavy atom. The lowest BCUT2D eigenvalue weighted by Crippen LogP contribution is -2.26. The maximum Gasteiger partial charge on any atom is 0.252 e. The molecule has 2 aromatic carbocycles. The average Bonchev–Trinajstić information content (AvgIpc) is 2.48. The molecule has 0 aliphatic rings. The molecule has 22 heavy (non-hydrogen) atoms. The van der Waals surface area contributed by atoms with E-state index in [4.69, 9.17) is 0 Å². The number of nitrogens with one attached hydrogen (secondary N) is 1. The zero-order chi connectivity index (χ0) is 15.9. The van der Waals surface area contributed by atoms with E-state index in [2.05, 4.69) is 59.1 Å². The van der Waals surface area contributed by atoms with Crippen molar-refractivity contribution in [1.29, 1.82) is 0 Å². The Hall–Kier alpha value is -1.01. The van der Waals surface area contributed by atoms with Crippen LogP contribution >= 0.6 is 34.4 Å². The molecule has 0 saturated carbocycles. The predicted octanol–water partition coefficient (Wildman–Crippen LogP) is 4.57. The highest BCUT2D eigenvalue weighted by Crippen LogP contribution is 2.15. The van der Waals surface area contributed by atoms with Gasteiger partial charge in [0.1, 0.15) is 0 Å². The van der Waals surface area contributed by atoms with Crippen molar-refractivity contribution in [2.24, 2.45) is 0 Å². The van der Waals surface area contributed by atoms with Gasteiger partial charge in [-0.3, -0.25) is 4.79 Å². The first-order valence-electron chi connectivity index (χ1n) is 7.24. The van der Waals surface area contributed by atoms with Crippen LogP contribution in [0.25, 0.3) is 0 Å². The molecule has 0 aliphatic carbocycles. The van der Waals surface area contributed by atoms with Crippen LogP contribution in [0.2, 0.25) is 0 Å². The molecule has 0 aliphatic heterocycles. The summed E-state index contributed by atoms with van der Waals surface area (Å²) in [5, 5.41) is 2.99. The van der Waals surface area contributed by atoms with Crippen molar-refractivity contribution < 1.29 is 4.79 Å². The number of hydrogen-bond acceptors (Lipinski definition) is 2. The molecule has 2 rings (SSSR count). The number of carbonyl (C=O) groups excluding carboxylic acids is 1. The summed E-state index contributed by atoms with van der Waals surface area (Å²) in [5.41, 5.74) is 4.55. The van der Waals surface area contributed by atoms with Crippen molar-refractivity contribution in [3.8, 4) is 0 Å². The predicted molar refractivity (Wildman–Crippen MR) is 104 cm³/mol. The zero-order valence-corrected chi connectivity index (χ0v) is 15.8.